The quantitative estimate of drug-likeness (QED) is 0.479. The van der Waals surface area contributed by atoms with E-state index in [9.17, 15) is 19.5 Å². The molecule has 2 amide bonds. The van der Waals surface area contributed by atoms with Crippen molar-refractivity contribution in [3.63, 3.8) is 0 Å². The number of esters is 1. The predicted molar refractivity (Wildman–Crippen MR) is 136 cm³/mol. The highest BCUT2D eigenvalue weighted by molar-refractivity contribution is 6.05. The van der Waals surface area contributed by atoms with Gasteiger partial charge >= 0.3 is 5.97 Å². The molecule has 4 aliphatic heterocycles. The van der Waals surface area contributed by atoms with Gasteiger partial charge in [-0.05, 0) is 35.9 Å². The average molecular weight is 517 g/mol. The van der Waals surface area contributed by atoms with Crippen LogP contribution in [0.1, 0.15) is 11.6 Å². The minimum atomic E-state index is -1.41. The number of hydrogen-bond donors (Lipinski definition) is 1. The maximum atomic E-state index is 14.4. The summed E-state index contributed by atoms with van der Waals surface area (Å²) in [6.07, 6.45) is 6.30. The van der Waals surface area contributed by atoms with Crippen molar-refractivity contribution in [2.75, 3.05) is 31.8 Å². The number of anilines is 1. The van der Waals surface area contributed by atoms with E-state index in [1.165, 1.54) is 4.90 Å². The van der Waals surface area contributed by atoms with Gasteiger partial charge in [-0.3, -0.25) is 14.4 Å². The Morgan fingerprint density at radius 2 is 1.82 bits per heavy atom. The van der Waals surface area contributed by atoms with Crippen LogP contribution < -0.4 is 9.64 Å². The number of benzene rings is 2. The van der Waals surface area contributed by atoms with Gasteiger partial charge in [-0.2, -0.15) is 0 Å². The molecule has 38 heavy (non-hydrogen) atoms. The van der Waals surface area contributed by atoms with Crippen molar-refractivity contribution >= 4 is 23.5 Å². The molecule has 6 atom stereocenters. The number of carbonyl (C=O) groups excluding carboxylic acids is 3. The zero-order chi connectivity index (χ0) is 26.4. The SMILES string of the molecule is COc1ccc(N2CC=C[C@]34O[C@H]5C=CCOC(=O)[C@H]5[C@H]3C(=O)N([C@H](CO)c3ccccc3)C4C2=O)cc1. The van der Waals surface area contributed by atoms with Crippen molar-refractivity contribution < 1.29 is 33.7 Å². The molecule has 0 aromatic heterocycles. The molecule has 2 saturated heterocycles. The summed E-state index contributed by atoms with van der Waals surface area (Å²) < 4.78 is 17.2. The van der Waals surface area contributed by atoms with Crippen LogP contribution in [0.4, 0.5) is 5.69 Å². The number of amides is 2. The number of fused-ring (bicyclic) bond motifs is 2. The number of likely N-dealkylation sites (tertiary alicyclic amines) is 1. The van der Waals surface area contributed by atoms with Gasteiger partial charge in [-0.1, -0.05) is 48.6 Å². The molecule has 4 heterocycles. The first kappa shape index (κ1) is 24.4. The van der Waals surface area contributed by atoms with Gasteiger partial charge in [0.25, 0.3) is 5.91 Å². The highest BCUT2D eigenvalue weighted by atomic mass is 16.6. The van der Waals surface area contributed by atoms with Crippen LogP contribution in [0.3, 0.4) is 0 Å². The van der Waals surface area contributed by atoms with Crippen LogP contribution in [-0.2, 0) is 23.9 Å². The van der Waals surface area contributed by atoms with E-state index in [0.29, 0.717) is 17.0 Å². The Morgan fingerprint density at radius 3 is 2.53 bits per heavy atom. The number of hydrogen-bond acceptors (Lipinski definition) is 7. The van der Waals surface area contributed by atoms with Crippen LogP contribution in [0, 0.1) is 11.8 Å². The Bertz CT molecular complexity index is 1310. The molecule has 2 fully saturated rings. The molecule has 1 spiro atoms. The third-order valence-corrected chi connectivity index (χ3v) is 7.93. The van der Waals surface area contributed by atoms with E-state index in [-0.39, 0.29) is 19.1 Å². The molecule has 1 N–H and O–H groups in total. The molecule has 1 unspecified atom stereocenters. The smallest absolute Gasteiger partial charge is 0.313 e. The van der Waals surface area contributed by atoms with Crippen molar-refractivity contribution in [1.82, 2.24) is 4.90 Å². The van der Waals surface area contributed by atoms with Crippen molar-refractivity contribution in [2.24, 2.45) is 11.8 Å². The third kappa shape index (κ3) is 3.57. The van der Waals surface area contributed by atoms with Gasteiger partial charge in [-0.15, -0.1) is 0 Å². The molecular weight excluding hydrogens is 488 g/mol. The summed E-state index contributed by atoms with van der Waals surface area (Å²) in [5, 5.41) is 10.5. The Kier molecular flexibility index (Phi) is 6.04. The van der Waals surface area contributed by atoms with Crippen LogP contribution in [0.15, 0.2) is 78.9 Å². The zero-order valence-corrected chi connectivity index (χ0v) is 20.8. The number of nitrogens with zero attached hydrogens (tertiary/aromatic N) is 2. The minimum Gasteiger partial charge on any atom is -0.497 e. The number of cyclic esters (lactones) is 1. The molecule has 4 aliphatic rings. The van der Waals surface area contributed by atoms with Gasteiger partial charge in [0, 0.05) is 12.2 Å². The Labute approximate surface area is 219 Å². The van der Waals surface area contributed by atoms with Gasteiger partial charge in [0.05, 0.1) is 31.8 Å². The standard InChI is InChI=1S/C29H28N2O7/c1-36-20-12-10-19(11-13-20)30-15-6-14-29-24(23-22(38-29)9-5-16-37-28(23)35)26(33)31(25(29)27(30)34)21(17-32)18-7-3-2-4-8-18/h2-14,21-25,32H,15-17H2,1H3/t21-,22+,23-,24+,25?,29+/m1/s1. The van der Waals surface area contributed by atoms with Crippen molar-refractivity contribution in [2.45, 2.75) is 23.8 Å². The summed E-state index contributed by atoms with van der Waals surface area (Å²) in [5.41, 5.74) is -0.108. The van der Waals surface area contributed by atoms with Gasteiger partial charge in [0.1, 0.15) is 29.9 Å². The van der Waals surface area contributed by atoms with Gasteiger partial charge in [0.2, 0.25) is 5.91 Å². The molecule has 0 radical (unpaired) electrons. The van der Waals surface area contributed by atoms with Crippen molar-refractivity contribution in [3.05, 3.63) is 84.5 Å². The van der Waals surface area contributed by atoms with E-state index in [0.717, 1.165) is 0 Å². The predicted octanol–water partition coefficient (Wildman–Crippen LogP) is 2.03. The van der Waals surface area contributed by atoms with Crippen LogP contribution in [0.5, 0.6) is 5.75 Å². The lowest BCUT2D eigenvalue weighted by atomic mass is 9.78. The van der Waals surface area contributed by atoms with E-state index in [1.54, 1.807) is 66.6 Å². The molecule has 6 rings (SSSR count). The lowest BCUT2D eigenvalue weighted by Crippen LogP contribution is -2.56. The first-order chi connectivity index (χ1) is 18.5. The molecule has 0 aliphatic carbocycles. The normalized spacial score (nSPS) is 30.7. The fourth-order valence-corrected chi connectivity index (χ4v) is 6.27. The van der Waals surface area contributed by atoms with Gasteiger partial charge in [0.15, 0.2) is 0 Å². The van der Waals surface area contributed by atoms with Crippen molar-refractivity contribution in [3.8, 4) is 5.75 Å². The van der Waals surface area contributed by atoms with Crippen LogP contribution in [-0.4, -0.2) is 72.4 Å². The Hall–Kier alpha value is -3.95. The second-order valence-corrected chi connectivity index (χ2v) is 9.80. The van der Waals surface area contributed by atoms with E-state index < -0.39 is 54.1 Å². The Balaban J connectivity index is 1.50. The average Bonchev–Trinajstić information content (AvgIpc) is 3.24. The first-order valence-corrected chi connectivity index (χ1v) is 12.6. The van der Waals surface area contributed by atoms with Crippen LogP contribution >= 0.6 is 0 Å². The summed E-state index contributed by atoms with van der Waals surface area (Å²) in [4.78, 5) is 44.8. The summed E-state index contributed by atoms with van der Waals surface area (Å²) >= 11 is 0. The summed E-state index contributed by atoms with van der Waals surface area (Å²) in [7, 11) is 1.57. The number of rotatable bonds is 5. The highest BCUT2D eigenvalue weighted by Crippen LogP contribution is 2.55. The molecule has 2 aromatic carbocycles. The van der Waals surface area contributed by atoms with E-state index in [2.05, 4.69) is 0 Å². The van der Waals surface area contributed by atoms with Crippen LogP contribution in [0.25, 0.3) is 0 Å². The summed E-state index contributed by atoms with van der Waals surface area (Å²) in [5.74, 6) is -2.57. The summed E-state index contributed by atoms with van der Waals surface area (Å²) in [6.45, 7) is -0.0706. The van der Waals surface area contributed by atoms with E-state index in [1.807, 2.05) is 24.3 Å². The largest absolute Gasteiger partial charge is 0.497 e. The topological polar surface area (TPSA) is 106 Å². The zero-order valence-electron chi connectivity index (χ0n) is 20.8. The molecule has 9 nitrogen and oxygen atoms in total. The number of aliphatic hydroxyl groups excluding tert-OH is 1. The number of carbonyl (C=O) groups is 3. The third-order valence-electron chi connectivity index (χ3n) is 7.93. The molecular formula is C29H28N2O7. The number of aliphatic hydroxyl groups is 1. The minimum absolute atomic E-state index is 0.0968. The van der Waals surface area contributed by atoms with Gasteiger partial charge < -0.3 is 29.1 Å². The summed E-state index contributed by atoms with van der Waals surface area (Å²) in [6, 6.07) is 14.2. The molecule has 9 heteroatoms. The highest BCUT2D eigenvalue weighted by Gasteiger charge is 2.72. The second-order valence-electron chi connectivity index (χ2n) is 9.80. The van der Waals surface area contributed by atoms with Crippen molar-refractivity contribution in [1.29, 1.82) is 0 Å². The molecule has 0 saturated carbocycles. The monoisotopic (exact) mass is 516 g/mol. The second kappa shape index (κ2) is 9.41. The maximum Gasteiger partial charge on any atom is 0.313 e. The Morgan fingerprint density at radius 1 is 1.05 bits per heavy atom. The number of methoxy groups -OCH3 is 1. The maximum absolute atomic E-state index is 14.4. The van der Waals surface area contributed by atoms with Crippen LogP contribution in [0.2, 0.25) is 0 Å². The molecule has 2 aromatic rings. The fraction of sp³-hybridized carbons (Fsp3) is 0.345. The fourth-order valence-electron chi connectivity index (χ4n) is 6.27. The first-order valence-electron chi connectivity index (χ1n) is 12.6. The lowest BCUT2D eigenvalue weighted by molar-refractivity contribution is -0.153. The van der Waals surface area contributed by atoms with Gasteiger partial charge in [-0.25, -0.2) is 0 Å². The lowest BCUT2D eigenvalue weighted by Gasteiger charge is -2.38. The van der Waals surface area contributed by atoms with E-state index in [4.69, 9.17) is 14.2 Å². The molecule has 0 bridgehead atoms. The molecule has 196 valence electrons. The van der Waals surface area contributed by atoms with E-state index >= 15 is 0 Å². The number of ether oxygens (including phenoxy) is 3.